The maximum absolute atomic E-state index is 11.6. The van der Waals surface area contributed by atoms with Crippen molar-refractivity contribution in [3.63, 3.8) is 0 Å². The van der Waals surface area contributed by atoms with Crippen LogP contribution in [0.25, 0.3) is 0 Å². The second kappa shape index (κ2) is 4.97. The Morgan fingerprint density at radius 1 is 1.47 bits per heavy atom. The summed E-state index contributed by atoms with van der Waals surface area (Å²) in [5.74, 6) is 0.514. The van der Waals surface area contributed by atoms with Crippen LogP contribution in [-0.4, -0.2) is 25.2 Å². The van der Waals surface area contributed by atoms with Crippen molar-refractivity contribution in [1.29, 1.82) is 0 Å². The monoisotopic (exact) mass is 213 g/mol. The average Bonchev–Trinajstić information content (AvgIpc) is 2.17. The third kappa shape index (κ3) is 3.49. The molecule has 1 saturated heterocycles. The van der Waals surface area contributed by atoms with Crippen LogP contribution in [0.15, 0.2) is 0 Å². The first-order valence-corrected chi connectivity index (χ1v) is 5.85. The number of esters is 1. The van der Waals surface area contributed by atoms with E-state index in [2.05, 4.69) is 26.1 Å². The molecule has 0 aromatic rings. The molecule has 1 N–H and O–H groups in total. The Morgan fingerprint density at radius 3 is 2.67 bits per heavy atom. The molecule has 1 aliphatic heterocycles. The second-order valence-corrected chi connectivity index (χ2v) is 5.35. The van der Waals surface area contributed by atoms with Crippen LogP contribution in [0, 0.1) is 11.3 Å². The molecule has 0 bridgehead atoms. The number of ether oxygens (including phenoxy) is 1. The van der Waals surface area contributed by atoms with Gasteiger partial charge in [-0.05, 0) is 37.6 Å². The Labute approximate surface area is 92.6 Å². The van der Waals surface area contributed by atoms with Crippen molar-refractivity contribution in [3.05, 3.63) is 0 Å². The summed E-state index contributed by atoms with van der Waals surface area (Å²) in [6.07, 6.45) is 2.06. The van der Waals surface area contributed by atoms with Crippen molar-refractivity contribution < 1.29 is 9.53 Å². The topological polar surface area (TPSA) is 38.3 Å². The minimum absolute atomic E-state index is 0.0912. The first-order valence-electron chi connectivity index (χ1n) is 5.85. The van der Waals surface area contributed by atoms with E-state index >= 15 is 0 Å². The second-order valence-electron chi connectivity index (χ2n) is 5.35. The fourth-order valence-electron chi connectivity index (χ4n) is 2.13. The van der Waals surface area contributed by atoms with Crippen LogP contribution in [0.3, 0.4) is 0 Å². The van der Waals surface area contributed by atoms with E-state index in [-0.39, 0.29) is 17.4 Å². The van der Waals surface area contributed by atoms with Crippen LogP contribution in [0.1, 0.15) is 40.5 Å². The summed E-state index contributed by atoms with van der Waals surface area (Å²) < 4.78 is 5.04. The molecule has 1 fully saturated rings. The molecule has 15 heavy (non-hydrogen) atoms. The zero-order valence-electron chi connectivity index (χ0n) is 10.3. The van der Waals surface area contributed by atoms with Gasteiger partial charge < -0.3 is 10.1 Å². The molecular weight excluding hydrogens is 190 g/mol. The van der Waals surface area contributed by atoms with E-state index in [1.165, 1.54) is 0 Å². The summed E-state index contributed by atoms with van der Waals surface area (Å²) in [6, 6.07) is -0.0945. The van der Waals surface area contributed by atoms with Crippen molar-refractivity contribution in [2.45, 2.75) is 46.6 Å². The number of rotatable bonds is 2. The van der Waals surface area contributed by atoms with Gasteiger partial charge in [-0.1, -0.05) is 20.8 Å². The standard InChI is InChI=1S/C12H23NO2/c1-5-15-11(14)10-8-9(6-7-13-10)12(2,3)4/h9-10,13H,5-8H2,1-4H3/t9-,10+/m1/s1. The molecule has 88 valence electrons. The molecule has 0 aliphatic carbocycles. The quantitative estimate of drug-likeness (QED) is 0.713. The molecule has 0 radical (unpaired) electrons. The molecule has 1 heterocycles. The number of hydrogen-bond acceptors (Lipinski definition) is 3. The Bertz CT molecular complexity index is 220. The summed E-state index contributed by atoms with van der Waals surface area (Å²) in [5.41, 5.74) is 0.285. The predicted molar refractivity (Wildman–Crippen MR) is 60.6 cm³/mol. The number of nitrogens with one attached hydrogen (secondary N) is 1. The van der Waals surface area contributed by atoms with E-state index in [0.717, 1.165) is 19.4 Å². The van der Waals surface area contributed by atoms with Gasteiger partial charge in [0.25, 0.3) is 0 Å². The highest BCUT2D eigenvalue weighted by Crippen LogP contribution is 2.34. The predicted octanol–water partition coefficient (Wildman–Crippen LogP) is 1.96. The van der Waals surface area contributed by atoms with Gasteiger partial charge in [0.05, 0.1) is 6.61 Å². The Hall–Kier alpha value is -0.570. The third-order valence-electron chi connectivity index (χ3n) is 3.20. The van der Waals surface area contributed by atoms with Crippen molar-refractivity contribution in [2.75, 3.05) is 13.2 Å². The zero-order valence-corrected chi connectivity index (χ0v) is 10.3. The van der Waals surface area contributed by atoms with Crippen molar-refractivity contribution in [3.8, 4) is 0 Å². The minimum atomic E-state index is -0.0945. The maximum atomic E-state index is 11.6. The molecule has 2 atom stereocenters. The normalized spacial score (nSPS) is 27.5. The van der Waals surface area contributed by atoms with Gasteiger partial charge in [-0.3, -0.25) is 4.79 Å². The van der Waals surface area contributed by atoms with Crippen molar-refractivity contribution in [2.24, 2.45) is 11.3 Å². The van der Waals surface area contributed by atoms with E-state index < -0.39 is 0 Å². The number of hydrogen-bond donors (Lipinski definition) is 1. The lowest BCUT2D eigenvalue weighted by atomic mass is 9.74. The molecule has 0 unspecified atom stereocenters. The number of carbonyl (C=O) groups is 1. The van der Waals surface area contributed by atoms with Crippen molar-refractivity contribution >= 4 is 5.97 Å². The molecule has 0 aromatic carbocycles. The zero-order chi connectivity index (χ0) is 11.5. The molecular formula is C12H23NO2. The summed E-state index contributed by atoms with van der Waals surface area (Å²) in [4.78, 5) is 11.6. The first-order chi connectivity index (χ1) is 6.95. The Morgan fingerprint density at radius 2 is 2.13 bits per heavy atom. The molecule has 3 heteroatoms. The molecule has 0 amide bonds. The molecule has 1 rings (SSSR count). The highest BCUT2D eigenvalue weighted by Gasteiger charge is 2.33. The van der Waals surface area contributed by atoms with Crippen LogP contribution in [0.4, 0.5) is 0 Å². The summed E-state index contributed by atoms with van der Waals surface area (Å²) in [7, 11) is 0. The molecule has 0 saturated carbocycles. The van der Waals surface area contributed by atoms with Crippen LogP contribution in [0.2, 0.25) is 0 Å². The van der Waals surface area contributed by atoms with E-state index in [0.29, 0.717) is 12.5 Å². The van der Waals surface area contributed by atoms with Gasteiger partial charge in [0, 0.05) is 0 Å². The highest BCUT2D eigenvalue weighted by atomic mass is 16.5. The fraction of sp³-hybridized carbons (Fsp3) is 0.917. The van der Waals surface area contributed by atoms with Crippen LogP contribution in [-0.2, 0) is 9.53 Å². The van der Waals surface area contributed by atoms with Gasteiger partial charge in [0.15, 0.2) is 0 Å². The average molecular weight is 213 g/mol. The van der Waals surface area contributed by atoms with E-state index in [1.807, 2.05) is 6.92 Å². The highest BCUT2D eigenvalue weighted by molar-refractivity contribution is 5.75. The van der Waals surface area contributed by atoms with Crippen LogP contribution >= 0.6 is 0 Å². The van der Waals surface area contributed by atoms with Gasteiger partial charge in [-0.15, -0.1) is 0 Å². The lowest BCUT2D eigenvalue weighted by Crippen LogP contribution is -2.46. The number of carbonyl (C=O) groups excluding carboxylic acids is 1. The summed E-state index contributed by atoms with van der Waals surface area (Å²) in [5, 5.41) is 3.23. The molecule has 3 nitrogen and oxygen atoms in total. The summed E-state index contributed by atoms with van der Waals surface area (Å²) in [6.45, 7) is 9.96. The van der Waals surface area contributed by atoms with Gasteiger partial charge in [-0.2, -0.15) is 0 Å². The molecule has 0 aromatic heterocycles. The van der Waals surface area contributed by atoms with Gasteiger partial charge in [0.2, 0.25) is 0 Å². The minimum Gasteiger partial charge on any atom is -0.465 e. The largest absolute Gasteiger partial charge is 0.465 e. The Kier molecular flexibility index (Phi) is 4.14. The van der Waals surface area contributed by atoms with E-state index in [9.17, 15) is 4.79 Å². The van der Waals surface area contributed by atoms with Crippen LogP contribution < -0.4 is 5.32 Å². The third-order valence-corrected chi connectivity index (χ3v) is 3.20. The van der Waals surface area contributed by atoms with Gasteiger partial charge in [0.1, 0.15) is 6.04 Å². The molecule has 1 aliphatic rings. The van der Waals surface area contributed by atoms with Gasteiger partial charge in [-0.25, -0.2) is 0 Å². The maximum Gasteiger partial charge on any atom is 0.323 e. The molecule has 0 spiro atoms. The van der Waals surface area contributed by atoms with Crippen LogP contribution in [0.5, 0.6) is 0 Å². The smallest absolute Gasteiger partial charge is 0.323 e. The lowest BCUT2D eigenvalue weighted by Gasteiger charge is -2.37. The lowest BCUT2D eigenvalue weighted by molar-refractivity contribution is -0.147. The Balaban J connectivity index is 2.52. The van der Waals surface area contributed by atoms with Crippen molar-refractivity contribution in [1.82, 2.24) is 5.32 Å². The SMILES string of the molecule is CCOC(=O)[C@@H]1C[C@H](C(C)(C)C)CCN1. The fourth-order valence-corrected chi connectivity index (χ4v) is 2.13. The van der Waals surface area contributed by atoms with E-state index in [4.69, 9.17) is 4.74 Å². The van der Waals surface area contributed by atoms with Gasteiger partial charge >= 0.3 is 5.97 Å². The van der Waals surface area contributed by atoms with E-state index in [1.54, 1.807) is 0 Å². The summed E-state index contributed by atoms with van der Waals surface area (Å²) >= 11 is 0. The number of piperidine rings is 1. The first kappa shape index (κ1) is 12.5.